The highest BCUT2D eigenvalue weighted by Crippen LogP contribution is 2.13. The van der Waals surface area contributed by atoms with Gasteiger partial charge in [0.25, 0.3) is 0 Å². The first kappa shape index (κ1) is 13.8. The van der Waals surface area contributed by atoms with Crippen molar-refractivity contribution in [3.63, 3.8) is 0 Å². The van der Waals surface area contributed by atoms with E-state index in [-0.39, 0.29) is 23.6 Å². The number of likely N-dealkylation sites (tertiary alicyclic amines) is 1. The first-order chi connectivity index (χ1) is 8.06. The summed E-state index contributed by atoms with van der Waals surface area (Å²) in [6.45, 7) is 2.06. The van der Waals surface area contributed by atoms with Gasteiger partial charge in [-0.25, -0.2) is 0 Å². The average Bonchev–Trinajstić information content (AvgIpc) is 2.59. The molecule has 0 saturated carbocycles. The molecule has 1 N–H and O–H groups in total. The zero-order valence-corrected chi connectivity index (χ0v) is 10.5. The quantitative estimate of drug-likeness (QED) is 0.519. The van der Waals surface area contributed by atoms with Gasteiger partial charge in [-0.2, -0.15) is 0 Å². The minimum absolute atomic E-state index is 0.0632. The molecule has 1 heterocycles. The lowest BCUT2D eigenvalue weighted by Gasteiger charge is -2.15. The van der Waals surface area contributed by atoms with Crippen LogP contribution in [0.1, 0.15) is 39.0 Å². The Morgan fingerprint density at radius 1 is 1.29 bits per heavy atom. The summed E-state index contributed by atoms with van der Waals surface area (Å²) in [4.78, 5) is 35.1. The van der Waals surface area contributed by atoms with Gasteiger partial charge in [-0.05, 0) is 33.2 Å². The van der Waals surface area contributed by atoms with Crippen LogP contribution in [0.5, 0.6) is 0 Å². The highest BCUT2D eigenvalue weighted by Gasteiger charge is 2.27. The third-order valence-electron chi connectivity index (χ3n) is 3.12. The molecule has 0 aromatic carbocycles. The van der Waals surface area contributed by atoms with E-state index in [0.717, 1.165) is 19.3 Å². The van der Waals surface area contributed by atoms with Crippen molar-refractivity contribution < 1.29 is 14.4 Å². The molecule has 1 saturated heterocycles. The lowest BCUT2D eigenvalue weighted by molar-refractivity contribution is -0.138. The number of nitrogens with one attached hydrogen (secondary N) is 1. The summed E-state index contributed by atoms with van der Waals surface area (Å²) in [6, 6.07) is -0.111. The minimum Gasteiger partial charge on any atom is -0.311 e. The lowest BCUT2D eigenvalue weighted by atomic mass is 10.1. The minimum atomic E-state index is -0.111. The van der Waals surface area contributed by atoms with Gasteiger partial charge in [-0.15, -0.1) is 0 Å². The number of carbonyl (C=O) groups is 3. The number of amides is 2. The van der Waals surface area contributed by atoms with E-state index in [1.165, 1.54) is 4.90 Å². The monoisotopic (exact) mass is 240 g/mol. The predicted octanol–water partition coefficient (Wildman–Crippen LogP) is 0.483. The summed E-state index contributed by atoms with van der Waals surface area (Å²) in [5, 5.41) is 2.95. The summed E-state index contributed by atoms with van der Waals surface area (Å²) < 4.78 is 0. The zero-order chi connectivity index (χ0) is 12.8. The van der Waals surface area contributed by atoms with Gasteiger partial charge in [0.1, 0.15) is 5.78 Å². The van der Waals surface area contributed by atoms with Crippen LogP contribution in [0, 0.1) is 0 Å². The Morgan fingerprint density at radius 3 is 2.35 bits per heavy atom. The van der Waals surface area contributed by atoms with Crippen LogP contribution in [0.25, 0.3) is 0 Å². The Labute approximate surface area is 102 Å². The molecule has 1 aliphatic heterocycles. The van der Waals surface area contributed by atoms with E-state index in [0.29, 0.717) is 19.4 Å². The molecule has 96 valence electrons. The number of ketones is 1. The molecule has 1 atom stereocenters. The van der Waals surface area contributed by atoms with Crippen LogP contribution in [-0.4, -0.2) is 42.1 Å². The van der Waals surface area contributed by atoms with E-state index in [4.69, 9.17) is 0 Å². The molecular formula is C12H20N2O3. The number of unbranched alkanes of at least 4 members (excludes halogenated alkanes) is 1. The third kappa shape index (κ3) is 3.93. The molecule has 17 heavy (non-hydrogen) atoms. The predicted molar refractivity (Wildman–Crippen MR) is 63.3 cm³/mol. The second-order valence-electron chi connectivity index (χ2n) is 4.39. The summed E-state index contributed by atoms with van der Waals surface area (Å²) in [5.74, 6) is -0.000654. The van der Waals surface area contributed by atoms with Crippen LogP contribution >= 0.6 is 0 Å². The largest absolute Gasteiger partial charge is 0.311 e. The molecule has 2 amide bonds. The first-order valence-corrected chi connectivity index (χ1v) is 6.07. The maximum atomic E-state index is 11.3. The molecular weight excluding hydrogens is 220 g/mol. The number of Topliss-reactive ketones (excluding diaryl/α,β-unsaturated/α-hetero) is 1. The second-order valence-corrected chi connectivity index (χ2v) is 4.39. The van der Waals surface area contributed by atoms with Gasteiger partial charge in [0.15, 0.2) is 0 Å². The molecule has 1 rings (SSSR count). The summed E-state index contributed by atoms with van der Waals surface area (Å²) in [6.07, 6.45) is 3.06. The Bertz CT molecular complexity index is 299. The number of carbonyl (C=O) groups excluding carboxylic acids is 3. The standard InChI is InChI=1S/C12H20N2O3/c1-9(15)10(13-2)5-3-4-8-14-11(16)6-7-12(14)17/h10,13H,3-8H2,1-2H3. The molecule has 1 aliphatic rings. The Hall–Kier alpha value is -1.23. The maximum Gasteiger partial charge on any atom is 0.229 e. The number of hydrogen-bond donors (Lipinski definition) is 1. The molecule has 0 bridgehead atoms. The number of nitrogens with zero attached hydrogens (tertiary/aromatic N) is 1. The second kappa shape index (κ2) is 6.49. The van der Waals surface area contributed by atoms with Gasteiger partial charge in [0.2, 0.25) is 11.8 Å². The Kier molecular flexibility index (Phi) is 5.28. The third-order valence-corrected chi connectivity index (χ3v) is 3.12. The molecule has 0 aromatic heterocycles. The fraction of sp³-hybridized carbons (Fsp3) is 0.750. The van der Waals surface area contributed by atoms with Crippen LogP contribution in [0.3, 0.4) is 0 Å². The van der Waals surface area contributed by atoms with Crippen molar-refractivity contribution >= 4 is 17.6 Å². The fourth-order valence-corrected chi connectivity index (χ4v) is 2.04. The molecule has 1 fully saturated rings. The Balaban J connectivity index is 2.22. The van der Waals surface area contributed by atoms with Crippen molar-refractivity contribution in [1.29, 1.82) is 0 Å². The number of imide groups is 1. The van der Waals surface area contributed by atoms with E-state index in [1.807, 2.05) is 0 Å². The molecule has 0 spiro atoms. The highest BCUT2D eigenvalue weighted by molar-refractivity contribution is 6.01. The molecule has 1 unspecified atom stereocenters. The molecule has 0 aromatic rings. The number of rotatable bonds is 7. The average molecular weight is 240 g/mol. The van der Waals surface area contributed by atoms with Crippen molar-refractivity contribution in [3.05, 3.63) is 0 Å². The topological polar surface area (TPSA) is 66.5 Å². The summed E-state index contributed by atoms with van der Waals surface area (Å²) in [7, 11) is 1.76. The number of hydrogen-bond acceptors (Lipinski definition) is 4. The van der Waals surface area contributed by atoms with Crippen molar-refractivity contribution in [3.8, 4) is 0 Å². The SMILES string of the molecule is CNC(CCCCN1C(=O)CCC1=O)C(C)=O. The maximum absolute atomic E-state index is 11.3. The van der Waals surface area contributed by atoms with Crippen LogP contribution in [0.4, 0.5) is 0 Å². The summed E-state index contributed by atoms with van der Waals surface area (Å²) >= 11 is 0. The van der Waals surface area contributed by atoms with Crippen LogP contribution in [-0.2, 0) is 14.4 Å². The van der Waals surface area contributed by atoms with Crippen LogP contribution in [0.2, 0.25) is 0 Å². The van der Waals surface area contributed by atoms with E-state index >= 15 is 0 Å². The van der Waals surface area contributed by atoms with Gasteiger partial charge in [-0.1, -0.05) is 0 Å². The van der Waals surface area contributed by atoms with Crippen molar-refractivity contribution in [1.82, 2.24) is 10.2 Å². The Morgan fingerprint density at radius 2 is 1.88 bits per heavy atom. The van der Waals surface area contributed by atoms with Crippen molar-refractivity contribution in [2.75, 3.05) is 13.6 Å². The van der Waals surface area contributed by atoms with Crippen LogP contribution < -0.4 is 5.32 Å². The number of likely N-dealkylation sites (N-methyl/N-ethyl adjacent to an activating group) is 1. The van der Waals surface area contributed by atoms with E-state index in [2.05, 4.69) is 5.32 Å². The van der Waals surface area contributed by atoms with E-state index in [1.54, 1.807) is 14.0 Å². The van der Waals surface area contributed by atoms with Crippen LogP contribution in [0.15, 0.2) is 0 Å². The van der Waals surface area contributed by atoms with Gasteiger partial charge in [-0.3, -0.25) is 19.3 Å². The molecule has 5 heteroatoms. The molecule has 0 aliphatic carbocycles. The van der Waals surface area contributed by atoms with Gasteiger partial charge in [0.05, 0.1) is 6.04 Å². The van der Waals surface area contributed by atoms with Gasteiger partial charge < -0.3 is 5.32 Å². The first-order valence-electron chi connectivity index (χ1n) is 6.07. The van der Waals surface area contributed by atoms with Crippen molar-refractivity contribution in [2.45, 2.75) is 45.1 Å². The summed E-state index contributed by atoms with van der Waals surface area (Å²) in [5.41, 5.74) is 0. The highest BCUT2D eigenvalue weighted by atomic mass is 16.2. The van der Waals surface area contributed by atoms with E-state index in [9.17, 15) is 14.4 Å². The normalized spacial score (nSPS) is 17.6. The van der Waals surface area contributed by atoms with E-state index < -0.39 is 0 Å². The molecule has 0 radical (unpaired) electrons. The lowest BCUT2D eigenvalue weighted by Crippen LogP contribution is -2.33. The fourth-order valence-electron chi connectivity index (χ4n) is 2.04. The molecule has 5 nitrogen and oxygen atoms in total. The smallest absolute Gasteiger partial charge is 0.229 e. The van der Waals surface area contributed by atoms with Crippen molar-refractivity contribution in [2.24, 2.45) is 0 Å². The van der Waals surface area contributed by atoms with Gasteiger partial charge >= 0.3 is 0 Å². The zero-order valence-electron chi connectivity index (χ0n) is 10.5. The van der Waals surface area contributed by atoms with Gasteiger partial charge in [0, 0.05) is 19.4 Å².